The summed E-state index contributed by atoms with van der Waals surface area (Å²) in [4.78, 5) is 24.8. The first-order chi connectivity index (χ1) is 10.1. The second-order valence-electron chi connectivity index (χ2n) is 4.65. The van der Waals surface area contributed by atoms with E-state index in [4.69, 9.17) is 0 Å². The van der Waals surface area contributed by atoms with Gasteiger partial charge >= 0.3 is 0 Å². The lowest BCUT2D eigenvalue weighted by atomic mass is 10.1. The third-order valence-electron chi connectivity index (χ3n) is 3.08. The Balaban J connectivity index is 2.10. The minimum absolute atomic E-state index is 0.113. The predicted octanol–water partition coefficient (Wildman–Crippen LogP) is 2.78. The maximum atomic E-state index is 12.2. The van der Waals surface area contributed by atoms with Crippen LogP contribution in [0.5, 0.6) is 0 Å². The van der Waals surface area contributed by atoms with Crippen LogP contribution in [0, 0.1) is 6.92 Å². The molecule has 2 heterocycles. The molecule has 1 unspecified atom stereocenters. The monoisotopic (exact) mass is 302 g/mol. The Hall–Kier alpha value is -1.95. The van der Waals surface area contributed by atoms with E-state index in [9.17, 15) is 4.79 Å². The molecule has 0 fully saturated rings. The fraction of sp³-hybridized carbons (Fsp3) is 0.333. The molecule has 21 heavy (non-hydrogen) atoms. The molecule has 0 saturated carbocycles. The van der Waals surface area contributed by atoms with Gasteiger partial charge in [-0.25, -0.2) is 9.97 Å². The molecule has 1 N–H and O–H groups in total. The molecular formula is C15H18N4OS. The maximum Gasteiger partial charge on any atom is 0.254 e. The highest BCUT2D eigenvalue weighted by molar-refractivity contribution is 7.98. The van der Waals surface area contributed by atoms with Gasteiger partial charge in [0.15, 0.2) is 5.16 Å². The van der Waals surface area contributed by atoms with Gasteiger partial charge in [0, 0.05) is 18.6 Å². The van der Waals surface area contributed by atoms with E-state index < -0.39 is 0 Å². The standard InChI is InChI=1S/C15H18N4OS/c1-4-12(13-6-5-10(2)7-16-13)19-14(20)11-8-17-15(21-3)18-9-11/h5-9,12H,4H2,1-3H3,(H,19,20). The van der Waals surface area contributed by atoms with Crippen LogP contribution in [0.15, 0.2) is 35.9 Å². The third-order valence-corrected chi connectivity index (χ3v) is 3.65. The zero-order chi connectivity index (χ0) is 15.2. The molecule has 2 rings (SSSR count). The zero-order valence-electron chi connectivity index (χ0n) is 12.3. The van der Waals surface area contributed by atoms with Gasteiger partial charge in [-0.15, -0.1) is 0 Å². The van der Waals surface area contributed by atoms with Crippen molar-refractivity contribution in [3.63, 3.8) is 0 Å². The number of amides is 1. The summed E-state index contributed by atoms with van der Waals surface area (Å²) in [5.41, 5.74) is 2.41. The largest absolute Gasteiger partial charge is 0.344 e. The van der Waals surface area contributed by atoms with Gasteiger partial charge in [0.2, 0.25) is 0 Å². The van der Waals surface area contributed by atoms with Crippen molar-refractivity contribution < 1.29 is 4.79 Å². The first kappa shape index (κ1) is 15.4. The van der Waals surface area contributed by atoms with Crippen LogP contribution in [0.4, 0.5) is 0 Å². The molecule has 6 heteroatoms. The van der Waals surface area contributed by atoms with Crippen molar-refractivity contribution >= 4 is 17.7 Å². The molecule has 110 valence electrons. The Morgan fingerprint density at radius 1 is 1.24 bits per heavy atom. The Kier molecular flexibility index (Phi) is 5.27. The Bertz CT molecular complexity index is 598. The molecule has 0 saturated heterocycles. The number of nitrogens with zero attached hydrogens (tertiary/aromatic N) is 3. The van der Waals surface area contributed by atoms with Crippen LogP contribution in [0.25, 0.3) is 0 Å². The van der Waals surface area contributed by atoms with Crippen LogP contribution >= 0.6 is 11.8 Å². The molecule has 2 aromatic rings. The summed E-state index contributed by atoms with van der Waals surface area (Å²) in [5, 5.41) is 3.62. The average Bonchev–Trinajstić information content (AvgIpc) is 2.53. The second kappa shape index (κ2) is 7.17. The number of carbonyl (C=O) groups excluding carboxylic acids is 1. The highest BCUT2D eigenvalue weighted by Gasteiger charge is 2.15. The Morgan fingerprint density at radius 2 is 1.95 bits per heavy atom. The quantitative estimate of drug-likeness (QED) is 0.679. The van der Waals surface area contributed by atoms with Crippen LogP contribution in [0.1, 0.15) is 41.0 Å². The summed E-state index contributed by atoms with van der Waals surface area (Å²) in [7, 11) is 0. The van der Waals surface area contributed by atoms with Crippen molar-refractivity contribution in [3.8, 4) is 0 Å². The van der Waals surface area contributed by atoms with E-state index in [0.717, 1.165) is 17.7 Å². The van der Waals surface area contributed by atoms with Crippen molar-refractivity contribution in [1.29, 1.82) is 0 Å². The SMILES string of the molecule is CCC(NC(=O)c1cnc(SC)nc1)c1ccc(C)cn1. The highest BCUT2D eigenvalue weighted by atomic mass is 32.2. The molecule has 0 aliphatic heterocycles. The third kappa shape index (κ3) is 4.01. The van der Waals surface area contributed by atoms with Crippen molar-refractivity contribution in [2.24, 2.45) is 0 Å². The number of hydrogen-bond acceptors (Lipinski definition) is 5. The van der Waals surface area contributed by atoms with Crippen molar-refractivity contribution in [2.45, 2.75) is 31.5 Å². The van der Waals surface area contributed by atoms with E-state index in [-0.39, 0.29) is 11.9 Å². The molecule has 0 aliphatic carbocycles. The fourth-order valence-corrected chi connectivity index (χ4v) is 2.17. The number of aromatic nitrogens is 3. The molecule has 0 radical (unpaired) electrons. The van der Waals surface area contributed by atoms with E-state index in [2.05, 4.69) is 20.3 Å². The maximum absolute atomic E-state index is 12.2. The molecule has 0 aromatic carbocycles. The summed E-state index contributed by atoms with van der Waals surface area (Å²) in [5.74, 6) is -0.183. The van der Waals surface area contributed by atoms with Crippen LogP contribution in [-0.2, 0) is 0 Å². The van der Waals surface area contributed by atoms with Crippen molar-refractivity contribution in [3.05, 3.63) is 47.5 Å². The first-order valence-corrected chi connectivity index (χ1v) is 7.96. The van der Waals surface area contributed by atoms with E-state index in [1.165, 1.54) is 11.8 Å². The number of nitrogens with one attached hydrogen (secondary N) is 1. The lowest BCUT2D eigenvalue weighted by molar-refractivity contribution is 0.0933. The molecule has 0 spiro atoms. The van der Waals surface area contributed by atoms with Gasteiger partial charge in [-0.1, -0.05) is 24.8 Å². The summed E-state index contributed by atoms with van der Waals surface area (Å²) in [6, 6.07) is 3.82. The van der Waals surface area contributed by atoms with Gasteiger partial charge in [0.25, 0.3) is 5.91 Å². The molecule has 1 atom stereocenters. The first-order valence-electron chi connectivity index (χ1n) is 6.73. The second-order valence-corrected chi connectivity index (χ2v) is 5.43. The Morgan fingerprint density at radius 3 is 2.48 bits per heavy atom. The zero-order valence-corrected chi connectivity index (χ0v) is 13.1. The number of carbonyl (C=O) groups is 1. The lowest BCUT2D eigenvalue weighted by Gasteiger charge is -2.16. The number of thioether (sulfide) groups is 1. The summed E-state index contributed by atoms with van der Waals surface area (Å²) >= 11 is 1.44. The normalized spacial score (nSPS) is 12.0. The molecule has 1 amide bonds. The highest BCUT2D eigenvalue weighted by Crippen LogP contribution is 2.15. The van der Waals surface area contributed by atoms with E-state index in [1.807, 2.05) is 32.2 Å². The molecule has 0 bridgehead atoms. The Labute approximate surface area is 128 Å². The predicted molar refractivity (Wildman–Crippen MR) is 83.3 cm³/mol. The van der Waals surface area contributed by atoms with Crippen LogP contribution < -0.4 is 5.32 Å². The average molecular weight is 302 g/mol. The smallest absolute Gasteiger partial charge is 0.254 e. The number of rotatable bonds is 5. The van der Waals surface area contributed by atoms with Gasteiger partial charge in [-0.2, -0.15) is 0 Å². The minimum Gasteiger partial charge on any atom is -0.344 e. The minimum atomic E-state index is -0.183. The van der Waals surface area contributed by atoms with Gasteiger partial charge in [-0.05, 0) is 31.2 Å². The number of aryl methyl sites for hydroxylation is 1. The van der Waals surface area contributed by atoms with Crippen LogP contribution in [-0.4, -0.2) is 27.1 Å². The number of pyridine rings is 1. The van der Waals surface area contributed by atoms with E-state index in [0.29, 0.717) is 10.7 Å². The topological polar surface area (TPSA) is 67.8 Å². The van der Waals surface area contributed by atoms with Crippen molar-refractivity contribution in [2.75, 3.05) is 6.26 Å². The molecule has 2 aromatic heterocycles. The van der Waals surface area contributed by atoms with Crippen LogP contribution in [0.2, 0.25) is 0 Å². The van der Waals surface area contributed by atoms with Gasteiger partial charge in [-0.3, -0.25) is 9.78 Å². The molecular weight excluding hydrogens is 284 g/mol. The van der Waals surface area contributed by atoms with Crippen molar-refractivity contribution in [1.82, 2.24) is 20.3 Å². The van der Waals surface area contributed by atoms with Gasteiger partial charge in [0.1, 0.15) is 0 Å². The van der Waals surface area contributed by atoms with Crippen LogP contribution in [0.3, 0.4) is 0 Å². The molecule has 5 nitrogen and oxygen atoms in total. The lowest BCUT2D eigenvalue weighted by Crippen LogP contribution is -2.29. The fourth-order valence-electron chi connectivity index (χ4n) is 1.85. The number of hydrogen-bond donors (Lipinski definition) is 1. The van der Waals surface area contributed by atoms with Gasteiger partial charge in [0.05, 0.1) is 17.3 Å². The van der Waals surface area contributed by atoms with E-state index >= 15 is 0 Å². The van der Waals surface area contributed by atoms with E-state index in [1.54, 1.807) is 18.6 Å². The van der Waals surface area contributed by atoms with Gasteiger partial charge < -0.3 is 5.32 Å². The summed E-state index contributed by atoms with van der Waals surface area (Å²) < 4.78 is 0. The summed E-state index contributed by atoms with van der Waals surface area (Å²) in [6.45, 7) is 4.00. The summed E-state index contributed by atoms with van der Waals surface area (Å²) in [6.07, 6.45) is 7.56. The molecule has 0 aliphatic rings.